The molecule has 12 atom stereocenters. The summed E-state index contributed by atoms with van der Waals surface area (Å²) in [4.78, 5) is 164. The fourth-order valence-electron chi connectivity index (χ4n) is 8.34. The van der Waals surface area contributed by atoms with E-state index in [4.69, 9.17) is 49.0 Å². The summed E-state index contributed by atoms with van der Waals surface area (Å²) in [6, 6.07) is -0.425. The van der Waals surface area contributed by atoms with E-state index in [1.54, 1.807) is 83.1 Å². The van der Waals surface area contributed by atoms with Gasteiger partial charge in [-0.05, 0) is 67.2 Å². The molecule has 0 aromatic heterocycles. The molecule has 0 aliphatic rings. The van der Waals surface area contributed by atoms with Crippen LogP contribution in [-0.2, 0) is 70.5 Å². The number of primary amides is 1. The topological polar surface area (TPSA) is 571 Å². The Kier molecular flexibility index (Phi) is 33.9. The molecule has 10 amide bonds. The van der Waals surface area contributed by atoms with Crippen LogP contribution in [-0.4, -0.2) is 210 Å². The lowest BCUT2D eigenvalue weighted by Gasteiger charge is -2.36. The average Bonchev–Trinajstić information content (AvgIpc) is 0.920. The predicted octanol–water partition coefficient (Wildman–Crippen LogP) is -4.12. The van der Waals surface area contributed by atoms with Crippen LogP contribution in [0.3, 0.4) is 0 Å². The van der Waals surface area contributed by atoms with Gasteiger partial charge in [0.1, 0.15) is 48.9 Å². The van der Waals surface area contributed by atoms with Crippen LogP contribution in [0.2, 0.25) is 0 Å². The summed E-state index contributed by atoms with van der Waals surface area (Å²) in [6.45, 7) is 7.62. The van der Waals surface area contributed by atoms with Gasteiger partial charge < -0.3 is 96.4 Å². The molecule has 514 valence electrons. The Bertz CT molecular complexity index is 2890. The zero-order valence-corrected chi connectivity index (χ0v) is 51.6. The molecule has 0 bridgehead atoms. The Balaban J connectivity index is 0.00000568. The zero-order valence-electron chi connectivity index (χ0n) is 51.6. The monoisotopic (exact) mass is 1310 g/mol. The fourth-order valence-corrected chi connectivity index (χ4v) is 8.34. The number of aliphatic imine (C=N–C) groups is 1. The van der Waals surface area contributed by atoms with Crippen LogP contribution in [0.15, 0.2) is 59.6 Å². The number of alkyl halides is 3. The number of nitrogen functional groups attached to an aromatic ring is 1. The van der Waals surface area contributed by atoms with Crippen molar-refractivity contribution in [2.75, 3.05) is 25.4 Å². The maximum absolute atomic E-state index is 15.3. The minimum atomic E-state index is -5.08. The second kappa shape index (κ2) is 38.6. The molecule has 2 aromatic rings. The van der Waals surface area contributed by atoms with Crippen molar-refractivity contribution < 1.29 is 106 Å². The van der Waals surface area contributed by atoms with Crippen molar-refractivity contribution in [3.8, 4) is 0 Å². The number of aliphatic hydroxyl groups excluding tert-OH is 4. The van der Waals surface area contributed by atoms with Crippen molar-refractivity contribution in [3.05, 3.63) is 65.7 Å². The minimum absolute atomic E-state index is 0.0230. The summed E-state index contributed by atoms with van der Waals surface area (Å²) in [5.41, 5.74) is 35.4. The number of carboxylic acid groups (broad SMARTS) is 2. The van der Waals surface area contributed by atoms with Gasteiger partial charge in [-0.1, -0.05) is 90.4 Å². The Morgan fingerprint density at radius 2 is 1.25 bits per heavy atom. The van der Waals surface area contributed by atoms with E-state index in [1.807, 2.05) is 5.32 Å². The first-order chi connectivity index (χ1) is 42.7. The molecule has 0 saturated carbocycles. The number of halogens is 3. The fraction of sp³-hybridized carbons (Fsp3) is 0.554. The molecular weight excluding hydrogens is 1230 g/mol. The number of carbonyl (C=O) groups is 12. The number of aliphatic hydroxyl groups is 4. The molecule has 33 nitrogen and oxygen atoms in total. The number of nitrogens with zero attached hydrogens (tertiary/aromatic N) is 3. The third-order valence-corrected chi connectivity index (χ3v) is 13.6. The van der Waals surface area contributed by atoms with Gasteiger partial charge in [-0.15, -0.1) is 0 Å². The number of alkyl carbamates (subject to hydrolysis) is 1. The molecule has 2 rings (SSSR count). The number of ether oxygens (including phenoxy) is 1. The quantitative estimate of drug-likeness (QED) is 0.0137. The molecule has 0 spiro atoms. The predicted molar refractivity (Wildman–Crippen MR) is 319 cm³/mol. The number of amides is 10. The number of nitrogens with one attached hydrogen (secondary N) is 5. The Morgan fingerprint density at radius 3 is 1.74 bits per heavy atom. The van der Waals surface area contributed by atoms with Crippen molar-refractivity contribution >= 4 is 82.8 Å². The molecule has 92 heavy (non-hydrogen) atoms. The number of aliphatic carboxylic acids is 2. The molecule has 0 aliphatic heterocycles. The van der Waals surface area contributed by atoms with Gasteiger partial charge in [-0.2, -0.15) is 13.2 Å². The van der Waals surface area contributed by atoms with Gasteiger partial charge in [0.25, 0.3) is 5.91 Å². The smallest absolute Gasteiger partial charge is 0.480 e. The van der Waals surface area contributed by atoms with Crippen molar-refractivity contribution in [1.29, 1.82) is 0 Å². The van der Waals surface area contributed by atoms with E-state index in [2.05, 4.69) is 26.3 Å². The van der Waals surface area contributed by atoms with Crippen LogP contribution >= 0.6 is 0 Å². The summed E-state index contributed by atoms with van der Waals surface area (Å²) in [6.07, 6.45) is -12.7. The van der Waals surface area contributed by atoms with E-state index in [0.717, 1.165) is 6.92 Å². The summed E-state index contributed by atoms with van der Waals surface area (Å²) < 4.78 is 37.2. The lowest BCUT2D eigenvalue weighted by Crippen LogP contribution is -2.65. The Morgan fingerprint density at radius 1 is 0.685 bits per heavy atom. The van der Waals surface area contributed by atoms with Gasteiger partial charge in [-0.25, -0.2) is 14.4 Å². The second-order valence-electron chi connectivity index (χ2n) is 21.8. The standard InChI is InChI=1S/C54H84N14O17.C2HF3O2/c1-8-28(6)40(48(78)66-41(29(7)70)47(77)62-23-37(71)67(36(24-69)52(82)83)50(80)39(57)43(73)44(58)74)65-45(75)33(18-13-19-61-53(59)60)63-46(76)35(20-26(2)3)68(51(81)38(56)42(72)27(4)5)49(79)34(22-31-16-12-17-32(55)21-31)64-54(84)85-25-30-14-10-9-11-15-30;3-2(4,5)1(6)7/h9-12,14-17,21,26-29,33-36,38-43,69-70,72-73H,8,13,18-20,22-25,55-57H2,1-7H3,(H2,58,74)(H,62,77)(H,63,76)(H,64,84)(H,65,75)(H,66,78)(H,82,83)(H4,59,60,61);(H,6,7)/t28?,29-,33+,34-,35-,36-,38-,39-,40-,41-,42+,43-;/m0./s1. The third kappa shape index (κ3) is 26.4. The maximum atomic E-state index is 15.3. The van der Waals surface area contributed by atoms with Crippen LogP contribution < -0.4 is 61.0 Å². The second-order valence-corrected chi connectivity index (χ2v) is 21.8. The highest BCUT2D eigenvalue weighted by Gasteiger charge is 2.45. The molecule has 36 heteroatoms. The van der Waals surface area contributed by atoms with Crippen LogP contribution in [0.4, 0.5) is 23.7 Å². The number of hydrogen-bond donors (Lipinski definition) is 17. The van der Waals surface area contributed by atoms with Crippen molar-refractivity contribution in [2.24, 2.45) is 51.4 Å². The number of carboxylic acids is 2. The van der Waals surface area contributed by atoms with Gasteiger partial charge in [0.15, 0.2) is 18.1 Å². The number of imide groups is 2. The summed E-state index contributed by atoms with van der Waals surface area (Å²) in [7, 11) is 0. The first-order valence-corrected chi connectivity index (χ1v) is 28.5. The largest absolute Gasteiger partial charge is 0.490 e. The zero-order chi connectivity index (χ0) is 70.7. The molecule has 0 radical (unpaired) electrons. The van der Waals surface area contributed by atoms with E-state index in [1.165, 1.54) is 13.0 Å². The van der Waals surface area contributed by atoms with E-state index in [-0.39, 0.29) is 61.8 Å². The number of rotatable bonds is 34. The first-order valence-electron chi connectivity index (χ1n) is 28.5. The molecule has 0 heterocycles. The van der Waals surface area contributed by atoms with E-state index in [9.17, 15) is 81.9 Å². The van der Waals surface area contributed by atoms with Crippen molar-refractivity contribution in [3.63, 3.8) is 0 Å². The molecule has 0 aliphatic carbocycles. The lowest BCUT2D eigenvalue weighted by atomic mass is 9.94. The summed E-state index contributed by atoms with van der Waals surface area (Å²) in [5, 5.41) is 70.4. The molecular formula is C56H85F3N14O19. The molecule has 2 aromatic carbocycles. The number of carbonyl (C=O) groups excluding carboxylic acids is 10. The van der Waals surface area contributed by atoms with Gasteiger partial charge in [0, 0.05) is 18.7 Å². The minimum Gasteiger partial charge on any atom is -0.480 e. The molecule has 1 unspecified atom stereocenters. The van der Waals surface area contributed by atoms with Crippen LogP contribution in [0.5, 0.6) is 0 Å². The number of anilines is 1. The molecule has 0 fully saturated rings. The highest BCUT2D eigenvalue weighted by Crippen LogP contribution is 2.22. The lowest BCUT2D eigenvalue weighted by molar-refractivity contribution is -0.192. The maximum Gasteiger partial charge on any atom is 0.490 e. The SMILES string of the molecule is CCC(C)[C@H](NC(=O)[C@@H](CCCN=C(N)N)NC(=O)[C@H](CC(C)C)N(C(=O)[C@H](Cc1cccc(N)c1)NC(=O)OCc1ccccc1)C(=O)[C@@H](N)[C@H](O)C(C)C)C(=O)N[C@H](C(=O)NCC(=O)N(C(=O)[C@@H](N)[C@H](O)C(N)=O)[C@@H](CO)C(=O)O)[C@H](C)O.O=C(O)C(F)(F)F. The normalized spacial score (nSPS) is 15.2. The summed E-state index contributed by atoms with van der Waals surface area (Å²) >= 11 is 0. The third-order valence-electron chi connectivity index (χ3n) is 13.6. The van der Waals surface area contributed by atoms with Crippen LogP contribution in [0.1, 0.15) is 85.3 Å². The molecule has 0 saturated heterocycles. The highest BCUT2D eigenvalue weighted by atomic mass is 19.4. The van der Waals surface area contributed by atoms with E-state index < -0.39 is 175 Å². The van der Waals surface area contributed by atoms with E-state index >= 15 is 9.59 Å². The number of benzene rings is 2. The van der Waals surface area contributed by atoms with Crippen molar-refractivity contribution in [1.82, 2.24) is 36.4 Å². The number of guanidine groups is 1. The first kappa shape index (κ1) is 80.9. The summed E-state index contributed by atoms with van der Waals surface area (Å²) in [5.74, 6) is -18.8. The van der Waals surface area contributed by atoms with Gasteiger partial charge in [0.05, 0.1) is 25.4 Å². The number of nitrogens with two attached hydrogens (primary N) is 6. The van der Waals surface area contributed by atoms with Gasteiger partial charge >= 0.3 is 24.2 Å². The van der Waals surface area contributed by atoms with E-state index in [0.29, 0.717) is 16.0 Å². The van der Waals surface area contributed by atoms with Crippen LogP contribution in [0, 0.1) is 17.8 Å². The molecule has 23 N–H and O–H groups in total. The highest BCUT2D eigenvalue weighted by molar-refractivity contribution is 6.07. The van der Waals surface area contributed by atoms with Gasteiger partial charge in [0.2, 0.25) is 47.3 Å². The average molecular weight is 1320 g/mol. The van der Waals surface area contributed by atoms with Gasteiger partial charge in [-0.3, -0.25) is 57.9 Å². The van der Waals surface area contributed by atoms with Crippen LogP contribution in [0.25, 0.3) is 0 Å². The van der Waals surface area contributed by atoms with Crippen molar-refractivity contribution in [2.45, 2.75) is 160 Å². The number of hydrogen-bond acceptors (Lipinski definition) is 21. The Labute approximate surface area is 526 Å². The Hall–Kier alpha value is -9.10.